The minimum atomic E-state index is -0.972. The number of nitrogens with one attached hydrogen (secondary N) is 1. The molecule has 146 valence electrons. The third-order valence-corrected chi connectivity index (χ3v) is 4.58. The first-order valence-corrected chi connectivity index (χ1v) is 9.18. The van der Waals surface area contributed by atoms with E-state index in [1.54, 1.807) is 29.2 Å². The van der Waals surface area contributed by atoms with Gasteiger partial charge in [0.1, 0.15) is 12.1 Å². The van der Waals surface area contributed by atoms with Crippen LogP contribution in [0.5, 0.6) is 0 Å². The first-order chi connectivity index (χ1) is 13.2. The summed E-state index contributed by atoms with van der Waals surface area (Å²) in [6.45, 7) is 8.26. The van der Waals surface area contributed by atoms with Crippen molar-refractivity contribution >= 4 is 17.5 Å². The van der Waals surface area contributed by atoms with Crippen molar-refractivity contribution in [2.75, 3.05) is 5.32 Å². The van der Waals surface area contributed by atoms with Crippen LogP contribution in [0.3, 0.4) is 0 Å². The van der Waals surface area contributed by atoms with Crippen LogP contribution in [-0.2, 0) is 18.9 Å². The van der Waals surface area contributed by atoms with Gasteiger partial charge < -0.3 is 10.4 Å². The second kappa shape index (κ2) is 7.42. The van der Waals surface area contributed by atoms with Crippen LogP contribution >= 0.6 is 0 Å². The molecular formula is C21H25N5O2. The number of anilines is 2. The van der Waals surface area contributed by atoms with Gasteiger partial charge in [-0.25, -0.2) is 14.8 Å². The van der Waals surface area contributed by atoms with E-state index in [1.807, 2.05) is 20.0 Å². The topological polar surface area (TPSA) is 92.9 Å². The average molecular weight is 379 g/mol. The predicted octanol–water partition coefficient (Wildman–Crippen LogP) is 4.18. The minimum absolute atomic E-state index is 0.218. The molecule has 2 heterocycles. The molecule has 0 spiro atoms. The smallest absolute Gasteiger partial charge is 0.337 e. The van der Waals surface area contributed by atoms with E-state index < -0.39 is 5.97 Å². The lowest BCUT2D eigenvalue weighted by Crippen LogP contribution is -2.13. The van der Waals surface area contributed by atoms with Gasteiger partial charge in [0, 0.05) is 30.4 Å². The van der Waals surface area contributed by atoms with Crippen molar-refractivity contribution < 1.29 is 9.90 Å². The van der Waals surface area contributed by atoms with Crippen molar-refractivity contribution in [2.24, 2.45) is 7.05 Å². The number of hydrogen-bond donors (Lipinski definition) is 2. The number of benzene rings is 1. The number of aryl methyl sites for hydroxylation is 2. The molecule has 0 saturated heterocycles. The average Bonchev–Trinajstić information content (AvgIpc) is 2.99. The van der Waals surface area contributed by atoms with E-state index in [4.69, 9.17) is 5.10 Å². The maximum absolute atomic E-state index is 11.8. The molecule has 0 atom stereocenters. The summed E-state index contributed by atoms with van der Waals surface area (Å²) in [6.07, 6.45) is 5.73. The van der Waals surface area contributed by atoms with Crippen LogP contribution in [0.25, 0.3) is 11.1 Å². The van der Waals surface area contributed by atoms with Crippen molar-refractivity contribution in [3.8, 4) is 11.1 Å². The first kappa shape index (κ1) is 19.5. The summed E-state index contributed by atoms with van der Waals surface area (Å²) >= 11 is 0. The van der Waals surface area contributed by atoms with Gasteiger partial charge in [0.2, 0.25) is 0 Å². The lowest BCUT2D eigenvalue weighted by molar-refractivity contribution is 0.0698. The van der Waals surface area contributed by atoms with Crippen molar-refractivity contribution in [3.05, 3.63) is 53.7 Å². The van der Waals surface area contributed by atoms with Gasteiger partial charge in [0.25, 0.3) is 0 Å². The summed E-state index contributed by atoms with van der Waals surface area (Å²) in [6, 6.07) is 5.44. The number of aromatic nitrogens is 4. The Labute approximate surface area is 164 Å². The van der Waals surface area contributed by atoms with Crippen LogP contribution in [0.4, 0.5) is 11.5 Å². The van der Waals surface area contributed by atoms with E-state index in [0.717, 1.165) is 28.8 Å². The number of carboxylic acids is 1. The lowest BCUT2D eigenvalue weighted by atomic mass is 9.87. The zero-order valence-electron chi connectivity index (χ0n) is 16.8. The molecule has 28 heavy (non-hydrogen) atoms. The highest BCUT2D eigenvalue weighted by molar-refractivity contribution is 5.96. The van der Waals surface area contributed by atoms with Gasteiger partial charge in [-0.15, -0.1) is 0 Å². The Kier molecular flexibility index (Phi) is 5.18. The molecule has 0 radical (unpaired) electrons. The fourth-order valence-electron chi connectivity index (χ4n) is 3.12. The molecule has 0 bridgehead atoms. The van der Waals surface area contributed by atoms with E-state index in [2.05, 4.69) is 36.1 Å². The van der Waals surface area contributed by atoms with Gasteiger partial charge in [0.15, 0.2) is 0 Å². The number of nitrogens with zero attached hydrogens (tertiary/aromatic N) is 4. The molecule has 0 fully saturated rings. The van der Waals surface area contributed by atoms with Crippen LogP contribution in [-0.4, -0.2) is 30.8 Å². The van der Waals surface area contributed by atoms with Gasteiger partial charge in [-0.05, 0) is 24.1 Å². The highest BCUT2D eigenvalue weighted by atomic mass is 16.4. The fourth-order valence-corrected chi connectivity index (χ4v) is 3.12. The maximum atomic E-state index is 11.8. The Balaban J connectivity index is 2.19. The lowest BCUT2D eigenvalue weighted by Gasteiger charge is -2.18. The maximum Gasteiger partial charge on any atom is 0.337 e. The Morgan fingerprint density at radius 2 is 1.89 bits per heavy atom. The number of carbonyl (C=O) groups is 1. The predicted molar refractivity (Wildman–Crippen MR) is 109 cm³/mol. The molecule has 1 aromatic carbocycles. The largest absolute Gasteiger partial charge is 0.478 e. The summed E-state index contributed by atoms with van der Waals surface area (Å²) < 4.78 is 1.74. The molecule has 0 aliphatic rings. The standard InChI is InChI=1S/C21H25N5O2/c1-6-13-7-8-16(15(9-13)20(27)28)24-19-17(14-10-22-12-23-11-14)18(21(2,3)4)25-26(19)5/h7-12,24H,6H2,1-5H3,(H,27,28). The van der Waals surface area contributed by atoms with Crippen molar-refractivity contribution in [1.82, 2.24) is 19.7 Å². The molecule has 0 aliphatic carbocycles. The van der Waals surface area contributed by atoms with Gasteiger partial charge >= 0.3 is 5.97 Å². The SMILES string of the molecule is CCc1ccc(Nc2c(-c3cncnc3)c(C(C)(C)C)nn2C)c(C(=O)O)c1. The molecule has 7 heteroatoms. The van der Waals surface area contributed by atoms with Crippen molar-refractivity contribution in [3.63, 3.8) is 0 Å². The second-order valence-corrected chi connectivity index (χ2v) is 7.74. The third kappa shape index (κ3) is 3.74. The second-order valence-electron chi connectivity index (χ2n) is 7.74. The van der Waals surface area contributed by atoms with Gasteiger partial charge in [0.05, 0.1) is 22.5 Å². The van der Waals surface area contributed by atoms with Crippen LogP contribution in [0, 0.1) is 0 Å². The zero-order chi connectivity index (χ0) is 20.5. The van der Waals surface area contributed by atoms with Crippen LogP contribution in [0.15, 0.2) is 36.9 Å². The van der Waals surface area contributed by atoms with E-state index >= 15 is 0 Å². The van der Waals surface area contributed by atoms with E-state index in [-0.39, 0.29) is 11.0 Å². The minimum Gasteiger partial charge on any atom is -0.478 e. The van der Waals surface area contributed by atoms with Gasteiger partial charge in [-0.3, -0.25) is 4.68 Å². The third-order valence-electron chi connectivity index (χ3n) is 4.58. The molecule has 7 nitrogen and oxygen atoms in total. The highest BCUT2D eigenvalue weighted by Crippen LogP contribution is 2.38. The summed E-state index contributed by atoms with van der Waals surface area (Å²) in [5.74, 6) is -0.271. The molecule has 3 aromatic rings. The van der Waals surface area contributed by atoms with Gasteiger partial charge in [-0.1, -0.05) is 33.8 Å². The first-order valence-electron chi connectivity index (χ1n) is 9.18. The molecule has 0 aliphatic heterocycles. The quantitative estimate of drug-likeness (QED) is 0.691. The molecule has 2 N–H and O–H groups in total. The Morgan fingerprint density at radius 3 is 2.46 bits per heavy atom. The van der Waals surface area contributed by atoms with Crippen LogP contribution in [0.1, 0.15) is 49.3 Å². The molecule has 3 rings (SSSR count). The molecule has 0 saturated carbocycles. The number of carboxylic acid groups (broad SMARTS) is 1. The molecular weight excluding hydrogens is 354 g/mol. The Hall–Kier alpha value is -3.22. The summed E-state index contributed by atoms with van der Waals surface area (Å²) in [5.41, 5.74) is 4.08. The van der Waals surface area contributed by atoms with Crippen molar-refractivity contribution in [1.29, 1.82) is 0 Å². The molecule has 2 aromatic heterocycles. The van der Waals surface area contributed by atoms with Gasteiger partial charge in [-0.2, -0.15) is 5.10 Å². The number of aromatic carboxylic acids is 1. The Bertz CT molecular complexity index is 1000. The normalized spacial score (nSPS) is 11.5. The number of rotatable bonds is 5. The van der Waals surface area contributed by atoms with E-state index in [1.165, 1.54) is 6.33 Å². The molecule has 0 amide bonds. The fraction of sp³-hybridized carbons (Fsp3) is 0.333. The monoisotopic (exact) mass is 379 g/mol. The number of hydrogen-bond acceptors (Lipinski definition) is 5. The highest BCUT2D eigenvalue weighted by Gasteiger charge is 2.28. The van der Waals surface area contributed by atoms with Crippen LogP contribution in [0.2, 0.25) is 0 Å². The van der Waals surface area contributed by atoms with Crippen molar-refractivity contribution in [2.45, 2.75) is 39.5 Å². The summed E-state index contributed by atoms with van der Waals surface area (Å²) in [4.78, 5) is 20.1. The zero-order valence-corrected chi connectivity index (χ0v) is 16.8. The summed E-state index contributed by atoms with van der Waals surface area (Å²) in [5, 5.41) is 17.7. The van der Waals surface area contributed by atoms with Crippen LogP contribution < -0.4 is 5.32 Å². The van der Waals surface area contributed by atoms with E-state index in [9.17, 15) is 9.90 Å². The van der Waals surface area contributed by atoms with E-state index in [0.29, 0.717) is 11.5 Å². The summed E-state index contributed by atoms with van der Waals surface area (Å²) in [7, 11) is 1.84. The Morgan fingerprint density at radius 1 is 1.21 bits per heavy atom. The molecule has 0 unspecified atom stereocenters.